The molecule has 2 N–H and O–H groups in total. The number of aromatic nitrogens is 1. The first-order valence-corrected chi connectivity index (χ1v) is 5.17. The van der Waals surface area contributed by atoms with E-state index in [4.69, 9.17) is 0 Å². The number of esters is 1. The van der Waals surface area contributed by atoms with Crippen molar-refractivity contribution in [1.29, 1.82) is 0 Å². The minimum atomic E-state index is -0.303. The first kappa shape index (κ1) is 13.0. The quantitative estimate of drug-likeness (QED) is 0.560. The molecule has 6 heteroatoms. The highest BCUT2D eigenvalue weighted by Gasteiger charge is 2.05. The molecule has 0 atom stereocenters. The van der Waals surface area contributed by atoms with E-state index in [9.17, 15) is 14.4 Å². The van der Waals surface area contributed by atoms with Gasteiger partial charge in [-0.25, -0.2) is 0 Å². The third-order valence-corrected chi connectivity index (χ3v) is 2.12. The average molecular weight is 238 g/mol. The minimum absolute atomic E-state index is 0.257. The highest BCUT2D eigenvalue weighted by atomic mass is 16.5. The Labute approximate surface area is 98.0 Å². The van der Waals surface area contributed by atoms with Crippen molar-refractivity contribution in [3.63, 3.8) is 0 Å². The van der Waals surface area contributed by atoms with Gasteiger partial charge >= 0.3 is 5.97 Å². The van der Waals surface area contributed by atoms with Gasteiger partial charge in [0.15, 0.2) is 0 Å². The normalized spacial score (nSPS) is 9.71. The van der Waals surface area contributed by atoms with E-state index in [1.54, 1.807) is 0 Å². The van der Waals surface area contributed by atoms with Crippen molar-refractivity contribution in [2.24, 2.45) is 0 Å². The maximum absolute atomic E-state index is 11.5. The van der Waals surface area contributed by atoms with Crippen LogP contribution in [-0.2, 0) is 9.53 Å². The van der Waals surface area contributed by atoms with E-state index in [-0.39, 0.29) is 23.9 Å². The first-order valence-electron chi connectivity index (χ1n) is 5.17. The standard InChI is InChI=1S/C11H14N2O4/c1-17-10(15)3-2-6-12-11(16)8-4-5-9(14)13-7-8/h4-5,7H,2-3,6H2,1H3,(H,12,16)(H,13,14). The number of rotatable bonds is 5. The molecule has 92 valence electrons. The molecule has 1 rings (SSSR count). The molecule has 0 radical (unpaired) electrons. The lowest BCUT2D eigenvalue weighted by atomic mass is 10.2. The molecule has 1 amide bonds. The summed E-state index contributed by atoms with van der Waals surface area (Å²) in [5.41, 5.74) is 0.120. The molecule has 1 heterocycles. The summed E-state index contributed by atoms with van der Waals surface area (Å²) in [5, 5.41) is 2.63. The number of ether oxygens (including phenoxy) is 1. The predicted octanol–water partition coefficient (Wildman–Crippen LogP) is 0.0579. The second-order valence-electron chi connectivity index (χ2n) is 3.38. The number of aromatic amines is 1. The second kappa shape index (κ2) is 6.47. The van der Waals surface area contributed by atoms with Crippen LogP contribution in [0.1, 0.15) is 23.2 Å². The van der Waals surface area contributed by atoms with Crippen LogP contribution in [0.2, 0.25) is 0 Å². The van der Waals surface area contributed by atoms with E-state index in [0.717, 1.165) is 0 Å². The van der Waals surface area contributed by atoms with E-state index in [1.807, 2.05) is 0 Å². The fourth-order valence-electron chi connectivity index (χ4n) is 1.19. The van der Waals surface area contributed by atoms with Gasteiger partial charge in [0.1, 0.15) is 0 Å². The van der Waals surface area contributed by atoms with Gasteiger partial charge in [-0.1, -0.05) is 0 Å². The summed E-state index contributed by atoms with van der Waals surface area (Å²) in [7, 11) is 1.32. The topological polar surface area (TPSA) is 88.3 Å². The second-order valence-corrected chi connectivity index (χ2v) is 3.38. The van der Waals surface area contributed by atoms with Gasteiger partial charge in [-0.3, -0.25) is 14.4 Å². The van der Waals surface area contributed by atoms with Crippen molar-refractivity contribution in [3.05, 3.63) is 34.2 Å². The van der Waals surface area contributed by atoms with E-state index < -0.39 is 0 Å². The van der Waals surface area contributed by atoms with Crippen LogP contribution in [0.3, 0.4) is 0 Å². The van der Waals surface area contributed by atoms with Gasteiger partial charge in [0.2, 0.25) is 5.56 Å². The van der Waals surface area contributed by atoms with Gasteiger partial charge in [-0.05, 0) is 12.5 Å². The highest BCUT2D eigenvalue weighted by molar-refractivity contribution is 5.93. The molecular formula is C11H14N2O4. The molecule has 6 nitrogen and oxygen atoms in total. The molecule has 1 aromatic rings. The molecule has 0 spiro atoms. The minimum Gasteiger partial charge on any atom is -0.469 e. The molecule has 0 unspecified atom stereocenters. The Balaban J connectivity index is 2.33. The Morgan fingerprint density at radius 2 is 2.18 bits per heavy atom. The molecule has 0 aliphatic rings. The lowest BCUT2D eigenvalue weighted by Gasteiger charge is -2.04. The highest BCUT2D eigenvalue weighted by Crippen LogP contribution is 1.94. The summed E-state index contributed by atoms with van der Waals surface area (Å²) in [6, 6.07) is 2.72. The van der Waals surface area contributed by atoms with Crippen LogP contribution in [0.25, 0.3) is 0 Å². The fraction of sp³-hybridized carbons (Fsp3) is 0.364. The number of carbonyl (C=O) groups excluding carboxylic acids is 2. The summed E-state index contributed by atoms with van der Waals surface area (Å²) < 4.78 is 4.46. The van der Waals surface area contributed by atoms with Crippen LogP contribution >= 0.6 is 0 Å². The van der Waals surface area contributed by atoms with E-state index in [0.29, 0.717) is 18.5 Å². The molecule has 1 aromatic heterocycles. The summed E-state index contributed by atoms with van der Waals surface area (Å²) in [4.78, 5) is 35.5. The summed E-state index contributed by atoms with van der Waals surface area (Å²) >= 11 is 0. The van der Waals surface area contributed by atoms with Gasteiger partial charge < -0.3 is 15.0 Å². The van der Waals surface area contributed by atoms with Gasteiger partial charge in [0.25, 0.3) is 5.91 Å². The number of H-pyrrole nitrogens is 1. The molecule has 0 saturated heterocycles. The number of hydrogen-bond acceptors (Lipinski definition) is 4. The molecule has 0 bridgehead atoms. The molecular weight excluding hydrogens is 224 g/mol. The van der Waals surface area contributed by atoms with Crippen LogP contribution < -0.4 is 10.9 Å². The predicted molar refractivity (Wildman–Crippen MR) is 60.6 cm³/mol. The molecule has 0 aliphatic heterocycles. The lowest BCUT2D eigenvalue weighted by Crippen LogP contribution is -2.25. The zero-order chi connectivity index (χ0) is 12.7. The van der Waals surface area contributed by atoms with E-state index in [2.05, 4.69) is 15.0 Å². The number of carbonyl (C=O) groups is 2. The summed E-state index contributed by atoms with van der Waals surface area (Å²) in [6.07, 6.45) is 2.13. The van der Waals surface area contributed by atoms with Crippen molar-refractivity contribution in [2.45, 2.75) is 12.8 Å². The summed E-state index contributed by atoms with van der Waals surface area (Å²) in [5.74, 6) is -0.589. The van der Waals surface area contributed by atoms with E-state index >= 15 is 0 Å². The number of amides is 1. The van der Waals surface area contributed by atoms with Crippen molar-refractivity contribution in [3.8, 4) is 0 Å². The zero-order valence-electron chi connectivity index (χ0n) is 9.49. The van der Waals surface area contributed by atoms with Crippen LogP contribution in [0, 0.1) is 0 Å². The maximum Gasteiger partial charge on any atom is 0.305 e. The molecule has 0 fully saturated rings. The maximum atomic E-state index is 11.5. The first-order chi connectivity index (χ1) is 8.13. The van der Waals surface area contributed by atoms with Crippen molar-refractivity contribution >= 4 is 11.9 Å². The van der Waals surface area contributed by atoms with Crippen LogP contribution in [0.5, 0.6) is 0 Å². The summed E-state index contributed by atoms with van der Waals surface area (Å²) in [6.45, 7) is 0.382. The largest absolute Gasteiger partial charge is 0.469 e. The number of hydrogen-bond donors (Lipinski definition) is 2. The van der Waals surface area contributed by atoms with E-state index in [1.165, 1.54) is 25.4 Å². The van der Waals surface area contributed by atoms with Crippen molar-refractivity contribution < 1.29 is 14.3 Å². The van der Waals surface area contributed by atoms with Gasteiger partial charge in [0.05, 0.1) is 12.7 Å². The van der Waals surface area contributed by atoms with Gasteiger partial charge in [0, 0.05) is 25.2 Å². The lowest BCUT2D eigenvalue weighted by molar-refractivity contribution is -0.140. The van der Waals surface area contributed by atoms with Gasteiger partial charge in [-0.2, -0.15) is 0 Å². The molecule has 0 aliphatic carbocycles. The zero-order valence-corrected chi connectivity index (χ0v) is 9.49. The van der Waals surface area contributed by atoms with Crippen LogP contribution in [0.15, 0.2) is 23.1 Å². The number of methoxy groups -OCH3 is 1. The Hall–Kier alpha value is -2.11. The van der Waals surface area contributed by atoms with Crippen LogP contribution in [-0.4, -0.2) is 30.5 Å². The molecule has 0 aromatic carbocycles. The third kappa shape index (κ3) is 4.50. The fourth-order valence-corrected chi connectivity index (χ4v) is 1.19. The monoisotopic (exact) mass is 238 g/mol. The molecule has 17 heavy (non-hydrogen) atoms. The smallest absolute Gasteiger partial charge is 0.305 e. The van der Waals surface area contributed by atoms with Crippen molar-refractivity contribution in [2.75, 3.05) is 13.7 Å². The van der Waals surface area contributed by atoms with Crippen LogP contribution in [0.4, 0.5) is 0 Å². The van der Waals surface area contributed by atoms with Gasteiger partial charge in [-0.15, -0.1) is 0 Å². The number of nitrogens with one attached hydrogen (secondary N) is 2. The third-order valence-electron chi connectivity index (χ3n) is 2.12. The Bertz CT molecular complexity index is 433. The SMILES string of the molecule is COC(=O)CCCNC(=O)c1ccc(=O)[nH]c1. The number of pyridine rings is 1. The Morgan fingerprint density at radius 1 is 1.41 bits per heavy atom. The average Bonchev–Trinajstić information content (AvgIpc) is 2.34. The Morgan fingerprint density at radius 3 is 2.76 bits per heavy atom. The van der Waals surface area contributed by atoms with Crippen molar-refractivity contribution in [1.82, 2.24) is 10.3 Å². The molecule has 0 saturated carbocycles. The Kier molecular flexibility index (Phi) is 4.93.